The largest absolute Gasteiger partial charge is 0.310 e. The van der Waals surface area contributed by atoms with Gasteiger partial charge in [-0.15, -0.1) is 0 Å². The maximum Gasteiger partial charge on any atom is 0.0620 e. The van der Waals surface area contributed by atoms with E-state index in [4.69, 9.17) is 0 Å². The molecule has 0 unspecified atom stereocenters. The van der Waals surface area contributed by atoms with Crippen LogP contribution in [-0.4, -0.2) is 4.40 Å². The first-order valence-corrected chi connectivity index (χ1v) is 21.7. The third kappa shape index (κ3) is 5.85. The number of para-hydroxylation sites is 2. The summed E-state index contributed by atoms with van der Waals surface area (Å²) in [5.74, 6) is 0.675. The highest BCUT2D eigenvalue weighted by Crippen LogP contribution is 2.45. The summed E-state index contributed by atoms with van der Waals surface area (Å²) in [7, 11) is 0. The van der Waals surface area contributed by atoms with Crippen LogP contribution in [0.25, 0.3) is 82.6 Å². The van der Waals surface area contributed by atoms with Gasteiger partial charge in [0.05, 0.1) is 16.6 Å². The number of fused-ring (bicyclic) bond motifs is 6. The molecule has 1 aliphatic rings. The van der Waals surface area contributed by atoms with Crippen molar-refractivity contribution in [1.29, 1.82) is 0 Å². The van der Waals surface area contributed by atoms with Crippen LogP contribution in [0.4, 0.5) is 17.1 Å². The number of anilines is 3. The molecule has 2 nitrogen and oxygen atoms in total. The van der Waals surface area contributed by atoms with E-state index in [1.165, 1.54) is 113 Å². The van der Waals surface area contributed by atoms with Crippen molar-refractivity contribution in [2.45, 2.75) is 32.1 Å². The Bertz CT molecular complexity index is 3370. The second-order valence-electron chi connectivity index (χ2n) is 16.8. The van der Waals surface area contributed by atoms with Gasteiger partial charge in [-0.3, -0.25) is 0 Å². The molecule has 0 saturated heterocycles. The number of aromatic nitrogens is 1. The predicted octanol–water partition coefficient (Wildman–Crippen LogP) is 16.6. The Balaban J connectivity index is 0.897. The normalized spacial score (nSPS) is 13.1. The first kappa shape index (κ1) is 35.5. The van der Waals surface area contributed by atoms with Crippen LogP contribution in [0.15, 0.2) is 206 Å². The lowest BCUT2D eigenvalue weighted by Gasteiger charge is -2.29. The minimum absolute atomic E-state index is 0.675. The van der Waals surface area contributed by atoms with Crippen LogP contribution in [-0.2, 0) is 0 Å². The zero-order chi connectivity index (χ0) is 40.4. The average Bonchev–Trinajstić information content (AvgIpc) is 3.83. The fourth-order valence-corrected chi connectivity index (χ4v) is 10.2. The molecule has 0 radical (unpaired) electrons. The van der Waals surface area contributed by atoms with Crippen molar-refractivity contribution in [3.8, 4) is 44.5 Å². The van der Waals surface area contributed by atoms with Crippen LogP contribution in [0.5, 0.6) is 0 Å². The molecule has 0 bridgehead atoms. The van der Waals surface area contributed by atoms with Gasteiger partial charge in [0.2, 0.25) is 0 Å². The van der Waals surface area contributed by atoms with E-state index in [9.17, 15) is 0 Å². The zero-order valence-electron chi connectivity index (χ0n) is 34.2. The summed E-state index contributed by atoms with van der Waals surface area (Å²) < 4.78 is 2.46. The highest BCUT2D eigenvalue weighted by Gasteiger charge is 2.24. The number of benzene rings is 9. The smallest absolute Gasteiger partial charge is 0.0620 e. The van der Waals surface area contributed by atoms with Gasteiger partial charge in [-0.25, -0.2) is 0 Å². The second-order valence-corrected chi connectivity index (χ2v) is 16.8. The fourth-order valence-electron chi connectivity index (χ4n) is 10.2. The summed E-state index contributed by atoms with van der Waals surface area (Å²) in [6.07, 6.45) is 3.92. The Morgan fingerprint density at radius 1 is 0.410 bits per heavy atom. The van der Waals surface area contributed by atoms with Gasteiger partial charge in [0, 0.05) is 38.6 Å². The Labute approximate surface area is 356 Å². The number of hydrogen-bond acceptors (Lipinski definition) is 1. The molecule has 11 aromatic rings. The highest BCUT2D eigenvalue weighted by molar-refractivity contribution is 6.25. The molecule has 2 aromatic heterocycles. The van der Waals surface area contributed by atoms with E-state index in [1.54, 1.807) is 0 Å². The Hall–Kier alpha value is -7.42. The second kappa shape index (κ2) is 14.4. The summed E-state index contributed by atoms with van der Waals surface area (Å²) in [4.78, 5) is 2.39. The van der Waals surface area contributed by atoms with Gasteiger partial charge in [0.1, 0.15) is 0 Å². The van der Waals surface area contributed by atoms with Crippen molar-refractivity contribution in [2.24, 2.45) is 0 Å². The third-order valence-electron chi connectivity index (χ3n) is 13.4. The van der Waals surface area contributed by atoms with E-state index in [0.29, 0.717) is 5.92 Å². The maximum atomic E-state index is 2.46. The molecular weight excluding hydrogens is 737 g/mol. The minimum atomic E-state index is 0.675. The van der Waals surface area contributed by atoms with Crippen LogP contribution < -0.4 is 4.90 Å². The van der Waals surface area contributed by atoms with Crippen molar-refractivity contribution < 1.29 is 0 Å². The highest BCUT2D eigenvalue weighted by atomic mass is 15.1. The molecule has 0 atom stereocenters. The summed E-state index contributed by atoms with van der Waals surface area (Å²) in [5.41, 5.74) is 20.0. The van der Waals surface area contributed by atoms with E-state index >= 15 is 0 Å². The standard InChI is InChI=1S/C59H44N2/c1-39-38-48(36-37-49(39)52-17-6-5-16-50(52)44-14-9-15-44)60(46-32-28-42(29-33-46)40-12-3-2-4-13-40)47-34-30-43(31-35-47)41-24-26-45(27-25-41)51-19-11-23-57-58(51)55-21-10-20-54-53-18-7-8-22-56(53)61(57)59(54)55/h2-8,10-13,16-38,44H,9,14-15H2,1H3. The molecule has 0 aliphatic heterocycles. The van der Waals surface area contributed by atoms with Crippen LogP contribution in [0.1, 0.15) is 36.3 Å². The number of aryl methyl sites for hydroxylation is 1. The Morgan fingerprint density at radius 2 is 0.951 bits per heavy atom. The molecule has 61 heavy (non-hydrogen) atoms. The summed E-state index contributed by atoms with van der Waals surface area (Å²) in [6, 6.07) is 76.2. The SMILES string of the molecule is Cc1cc(N(c2ccc(-c3ccccc3)cc2)c2ccc(-c3ccc(-c4cccc5c4c4cccc6c7ccccc7n5c64)cc3)cc2)ccc1-c1ccccc1C1CCC1. The molecule has 1 saturated carbocycles. The molecular formula is C59H44N2. The molecule has 12 rings (SSSR count). The van der Waals surface area contributed by atoms with Crippen molar-refractivity contribution in [3.63, 3.8) is 0 Å². The van der Waals surface area contributed by atoms with Crippen molar-refractivity contribution in [1.82, 2.24) is 4.40 Å². The van der Waals surface area contributed by atoms with Crippen LogP contribution in [0.3, 0.4) is 0 Å². The van der Waals surface area contributed by atoms with Gasteiger partial charge >= 0.3 is 0 Å². The van der Waals surface area contributed by atoms with Gasteiger partial charge in [-0.2, -0.15) is 0 Å². The maximum absolute atomic E-state index is 2.46. The average molecular weight is 781 g/mol. The van der Waals surface area contributed by atoms with Gasteiger partial charge in [0.25, 0.3) is 0 Å². The van der Waals surface area contributed by atoms with Crippen molar-refractivity contribution in [3.05, 3.63) is 217 Å². The van der Waals surface area contributed by atoms with Gasteiger partial charge in [0.15, 0.2) is 0 Å². The third-order valence-corrected chi connectivity index (χ3v) is 13.4. The van der Waals surface area contributed by atoms with E-state index in [2.05, 4.69) is 222 Å². The quantitative estimate of drug-likeness (QED) is 0.149. The van der Waals surface area contributed by atoms with E-state index in [0.717, 1.165) is 17.1 Å². The predicted molar refractivity (Wildman–Crippen MR) is 259 cm³/mol. The topological polar surface area (TPSA) is 7.65 Å². The first-order valence-electron chi connectivity index (χ1n) is 21.7. The van der Waals surface area contributed by atoms with Gasteiger partial charge < -0.3 is 9.30 Å². The lowest BCUT2D eigenvalue weighted by molar-refractivity contribution is 0.420. The Kier molecular flexibility index (Phi) is 8.38. The summed E-state index contributed by atoms with van der Waals surface area (Å²) in [5, 5.41) is 5.24. The zero-order valence-corrected chi connectivity index (χ0v) is 34.2. The van der Waals surface area contributed by atoms with E-state index in [1.807, 2.05) is 0 Å². The molecule has 0 N–H and O–H groups in total. The van der Waals surface area contributed by atoms with Crippen molar-refractivity contribution in [2.75, 3.05) is 4.90 Å². The minimum Gasteiger partial charge on any atom is -0.310 e. The fraction of sp³-hybridized carbons (Fsp3) is 0.0847. The van der Waals surface area contributed by atoms with Gasteiger partial charge in [-0.05, 0) is 130 Å². The molecule has 290 valence electrons. The molecule has 1 aliphatic carbocycles. The lowest BCUT2D eigenvalue weighted by Crippen LogP contribution is -2.11. The Morgan fingerprint density at radius 3 is 1.66 bits per heavy atom. The number of rotatable bonds is 8. The number of nitrogens with zero attached hydrogens (tertiary/aromatic N) is 2. The summed E-state index contributed by atoms with van der Waals surface area (Å²) >= 11 is 0. The molecule has 9 aromatic carbocycles. The molecule has 0 amide bonds. The lowest BCUT2D eigenvalue weighted by atomic mass is 9.77. The summed E-state index contributed by atoms with van der Waals surface area (Å²) in [6.45, 7) is 2.27. The number of hydrogen-bond donors (Lipinski definition) is 0. The molecule has 2 heterocycles. The van der Waals surface area contributed by atoms with Crippen LogP contribution >= 0.6 is 0 Å². The molecule has 1 fully saturated rings. The van der Waals surface area contributed by atoms with Crippen LogP contribution in [0, 0.1) is 6.92 Å². The monoisotopic (exact) mass is 780 g/mol. The van der Waals surface area contributed by atoms with E-state index in [-0.39, 0.29) is 0 Å². The van der Waals surface area contributed by atoms with Crippen LogP contribution in [0.2, 0.25) is 0 Å². The molecule has 2 heteroatoms. The van der Waals surface area contributed by atoms with E-state index < -0.39 is 0 Å². The first-order chi connectivity index (χ1) is 30.2. The molecule has 0 spiro atoms. The van der Waals surface area contributed by atoms with Gasteiger partial charge in [-0.1, -0.05) is 164 Å². The van der Waals surface area contributed by atoms with Crippen molar-refractivity contribution >= 4 is 55.2 Å².